The van der Waals surface area contributed by atoms with Crippen LogP contribution in [0, 0.1) is 68.0 Å². The lowest BCUT2D eigenvalue weighted by atomic mass is 9.96. The Bertz CT molecular complexity index is 4080. The van der Waals surface area contributed by atoms with Gasteiger partial charge in [0, 0.05) is 21.5 Å². The Balaban J connectivity index is 1.22. The topological polar surface area (TPSA) is 153 Å². The molecule has 0 N–H and O–H groups in total. The molecule has 2 heterocycles. The molecule has 0 fully saturated rings. The minimum absolute atomic E-state index is 0.376. The van der Waals surface area contributed by atoms with Crippen molar-refractivity contribution < 1.29 is 0 Å². The SMILES string of the molecule is N#Cc1ccc(-c2ccc3c4ccc(-c5ccc(C#N)cc5)cc4n(-c4cc(-c5ccccc5C#N)cc(-n5c6cc(-c7ccc(C#N)cc7)ccc6c6ccc(-c7ccc(C#N)cc7)cc65)c4C#N)c3c2)cc1. The van der Waals surface area contributed by atoms with Gasteiger partial charge in [-0.25, -0.2) is 0 Å². The van der Waals surface area contributed by atoms with E-state index < -0.39 is 0 Å². The molecule has 0 aliphatic carbocycles. The monoisotopic (exact) mass is 938 g/mol. The molecule has 0 aliphatic rings. The van der Waals surface area contributed by atoms with Crippen LogP contribution in [0.2, 0.25) is 0 Å². The fourth-order valence-corrected chi connectivity index (χ4v) is 10.3. The van der Waals surface area contributed by atoms with Crippen molar-refractivity contribution in [1.82, 2.24) is 9.13 Å². The summed E-state index contributed by atoms with van der Waals surface area (Å²) in [5, 5.41) is 65.0. The van der Waals surface area contributed by atoms with Crippen molar-refractivity contribution in [2.24, 2.45) is 0 Å². The first kappa shape index (κ1) is 44.0. The van der Waals surface area contributed by atoms with Gasteiger partial charge >= 0.3 is 0 Å². The molecule has 12 aromatic rings. The number of fused-ring (bicyclic) bond motifs is 6. The number of hydrogen-bond acceptors (Lipinski definition) is 6. The predicted octanol–water partition coefficient (Wildman–Crippen LogP) is 15.4. The van der Waals surface area contributed by atoms with Gasteiger partial charge in [-0.1, -0.05) is 115 Å². The summed E-state index contributed by atoms with van der Waals surface area (Å²) in [6.07, 6.45) is 0. The summed E-state index contributed by atoms with van der Waals surface area (Å²) in [5.74, 6) is 0. The van der Waals surface area contributed by atoms with E-state index in [1.807, 2.05) is 78.9 Å². The molecule has 0 aliphatic heterocycles. The zero-order valence-electron chi connectivity index (χ0n) is 39.2. The van der Waals surface area contributed by atoms with E-state index in [1.54, 1.807) is 54.6 Å². The Morgan fingerprint density at radius 2 is 0.554 bits per heavy atom. The van der Waals surface area contributed by atoms with Crippen molar-refractivity contribution in [3.8, 4) is 103 Å². The van der Waals surface area contributed by atoms with E-state index in [0.29, 0.717) is 55.9 Å². The summed E-state index contributed by atoms with van der Waals surface area (Å²) in [7, 11) is 0. The minimum Gasteiger partial charge on any atom is -0.308 e. The summed E-state index contributed by atoms with van der Waals surface area (Å²) >= 11 is 0. The maximum Gasteiger partial charge on any atom is 0.104 e. The van der Waals surface area contributed by atoms with Crippen molar-refractivity contribution in [3.05, 3.63) is 240 Å². The molecule has 0 bridgehead atoms. The molecule has 74 heavy (non-hydrogen) atoms. The minimum atomic E-state index is 0.376. The number of hydrogen-bond donors (Lipinski definition) is 0. The standard InChI is InChI=1S/C66H34N8/c67-35-41-5-13-45(14-6-41)49-21-25-56-57-26-22-50(46-15-7-42(36-68)8-16-46)30-62(57)73(61(56)29-49)65-33-54(55-4-2-1-3-53(55)39-71)34-66(60(65)40-72)74-63-31-51(47-17-9-43(37-69)10-18-47)23-27-58(63)59-28-24-52(32-64(59)74)48-19-11-44(38-70)12-20-48/h1-34H. The molecule has 0 spiro atoms. The van der Waals surface area contributed by atoms with Gasteiger partial charge in [0.2, 0.25) is 0 Å². The first-order chi connectivity index (χ1) is 36.4. The molecule has 338 valence electrons. The normalized spacial score (nSPS) is 10.9. The van der Waals surface area contributed by atoms with Gasteiger partial charge in [-0.15, -0.1) is 0 Å². The molecule has 12 rings (SSSR count). The highest BCUT2D eigenvalue weighted by Gasteiger charge is 2.25. The first-order valence-corrected chi connectivity index (χ1v) is 23.7. The second-order valence-corrected chi connectivity index (χ2v) is 18.0. The van der Waals surface area contributed by atoms with E-state index >= 15 is 0 Å². The van der Waals surface area contributed by atoms with Gasteiger partial charge in [-0.2, -0.15) is 31.6 Å². The molecule has 2 aromatic heterocycles. The Morgan fingerprint density at radius 3 is 0.838 bits per heavy atom. The van der Waals surface area contributed by atoms with Crippen molar-refractivity contribution in [1.29, 1.82) is 31.6 Å². The predicted molar refractivity (Wildman–Crippen MR) is 291 cm³/mol. The van der Waals surface area contributed by atoms with Gasteiger partial charge in [0.1, 0.15) is 11.6 Å². The van der Waals surface area contributed by atoms with E-state index in [9.17, 15) is 31.6 Å². The summed E-state index contributed by atoms with van der Waals surface area (Å²) in [6.45, 7) is 0. The van der Waals surface area contributed by atoms with E-state index in [0.717, 1.165) is 88.1 Å². The number of nitrogens with zero attached hydrogens (tertiary/aromatic N) is 8. The van der Waals surface area contributed by atoms with Crippen molar-refractivity contribution in [3.63, 3.8) is 0 Å². The van der Waals surface area contributed by atoms with Crippen LogP contribution in [0.5, 0.6) is 0 Å². The van der Waals surface area contributed by atoms with E-state index in [-0.39, 0.29) is 0 Å². The number of benzene rings is 10. The lowest BCUT2D eigenvalue weighted by molar-refractivity contribution is 1.12. The van der Waals surface area contributed by atoms with Gasteiger partial charge < -0.3 is 9.13 Å². The molecule has 0 saturated carbocycles. The molecule has 0 saturated heterocycles. The molecule has 0 unspecified atom stereocenters. The third-order valence-electron chi connectivity index (χ3n) is 14.0. The second-order valence-electron chi connectivity index (χ2n) is 18.0. The molecular formula is C66H34N8. The average Bonchev–Trinajstić information content (AvgIpc) is 3.98. The average molecular weight is 939 g/mol. The summed E-state index contributed by atoms with van der Waals surface area (Å²) in [6, 6.07) is 80.7. The van der Waals surface area contributed by atoms with Crippen LogP contribution in [0.1, 0.15) is 33.4 Å². The van der Waals surface area contributed by atoms with Crippen LogP contribution in [0.3, 0.4) is 0 Å². The molecule has 8 nitrogen and oxygen atoms in total. The van der Waals surface area contributed by atoms with Crippen LogP contribution in [0.4, 0.5) is 0 Å². The third kappa shape index (κ3) is 7.35. The van der Waals surface area contributed by atoms with E-state index in [4.69, 9.17) is 0 Å². The Hall–Kier alpha value is -11.3. The van der Waals surface area contributed by atoms with Crippen LogP contribution in [0.15, 0.2) is 206 Å². The molecule has 0 radical (unpaired) electrons. The Kier molecular flexibility index (Phi) is 10.7. The number of aromatic nitrogens is 2. The fourth-order valence-electron chi connectivity index (χ4n) is 10.3. The summed E-state index contributed by atoms with van der Waals surface area (Å²) in [4.78, 5) is 0. The van der Waals surface area contributed by atoms with Crippen LogP contribution in [0.25, 0.3) is 111 Å². The fraction of sp³-hybridized carbons (Fsp3) is 0. The highest BCUT2D eigenvalue weighted by molar-refractivity contribution is 6.13. The number of nitriles is 6. The van der Waals surface area contributed by atoms with Crippen LogP contribution < -0.4 is 0 Å². The molecule has 8 heteroatoms. The van der Waals surface area contributed by atoms with Crippen LogP contribution in [-0.2, 0) is 0 Å². The smallest absolute Gasteiger partial charge is 0.104 e. The zero-order chi connectivity index (χ0) is 50.5. The molecule has 10 aromatic carbocycles. The summed E-state index contributed by atoms with van der Waals surface area (Å²) in [5.41, 5.74) is 16.3. The quantitative estimate of drug-likeness (QED) is 0.155. The Labute approximate surface area is 425 Å². The van der Waals surface area contributed by atoms with Gasteiger partial charge in [0.15, 0.2) is 0 Å². The highest BCUT2D eigenvalue weighted by atomic mass is 15.0. The lowest BCUT2D eigenvalue weighted by Crippen LogP contribution is -2.06. The van der Waals surface area contributed by atoms with E-state index in [1.165, 1.54) is 0 Å². The Morgan fingerprint density at radius 1 is 0.257 bits per heavy atom. The van der Waals surface area contributed by atoms with Crippen molar-refractivity contribution in [2.45, 2.75) is 0 Å². The maximum atomic E-state index is 11.9. The third-order valence-corrected chi connectivity index (χ3v) is 14.0. The van der Waals surface area contributed by atoms with Crippen molar-refractivity contribution >= 4 is 43.6 Å². The van der Waals surface area contributed by atoms with Crippen LogP contribution >= 0.6 is 0 Å². The second kappa shape index (κ2) is 17.9. The first-order valence-electron chi connectivity index (χ1n) is 23.7. The largest absolute Gasteiger partial charge is 0.308 e. The van der Waals surface area contributed by atoms with Gasteiger partial charge in [0.05, 0.1) is 91.6 Å². The van der Waals surface area contributed by atoms with Gasteiger partial charge in [-0.05, 0) is 147 Å². The summed E-state index contributed by atoms with van der Waals surface area (Å²) < 4.78 is 4.31. The van der Waals surface area contributed by atoms with E-state index in [2.05, 4.69) is 118 Å². The van der Waals surface area contributed by atoms with Crippen molar-refractivity contribution in [2.75, 3.05) is 0 Å². The zero-order valence-corrected chi connectivity index (χ0v) is 39.2. The molecule has 0 amide bonds. The highest BCUT2D eigenvalue weighted by Crippen LogP contribution is 2.44. The maximum absolute atomic E-state index is 11.9. The lowest BCUT2D eigenvalue weighted by Gasteiger charge is -2.19. The van der Waals surface area contributed by atoms with Crippen LogP contribution in [-0.4, -0.2) is 9.13 Å². The van der Waals surface area contributed by atoms with Gasteiger partial charge in [-0.3, -0.25) is 0 Å². The van der Waals surface area contributed by atoms with Gasteiger partial charge in [0.25, 0.3) is 0 Å². The number of rotatable bonds is 7. The molecular weight excluding hydrogens is 905 g/mol. The molecule has 0 atom stereocenters.